The number of nitrogens with one attached hydrogen (secondary N) is 1. The zero-order chi connectivity index (χ0) is 20.5. The number of nitrogens with zero attached hydrogens (tertiary/aromatic N) is 2. The van der Waals surface area contributed by atoms with E-state index in [1.54, 1.807) is 0 Å². The van der Waals surface area contributed by atoms with Gasteiger partial charge in [-0.3, -0.25) is 0 Å². The molecule has 0 fully saturated rings. The number of hydrogen-bond donors (Lipinski definition) is 1. The molecule has 1 atom stereocenters. The van der Waals surface area contributed by atoms with Crippen molar-refractivity contribution in [3.8, 4) is 0 Å². The van der Waals surface area contributed by atoms with Crippen LogP contribution < -0.4 is 5.32 Å². The van der Waals surface area contributed by atoms with Crippen molar-refractivity contribution in [1.29, 1.82) is 0 Å². The van der Waals surface area contributed by atoms with Crippen molar-refractivity contribution in [2.75, 3.05) is 5.32 Å². The molecule has 1 aromatic heterocycles. The maximum atomic E-state index is 4.69. The number of aryl methyl sites for hydroxylation is 3. The van der Waals surface area contributed by atoms with E-state index in [2.05, 4.69) is 91.0 Å². The summed E-state index contributed by atoms with van der Waals surface area (Å²) >= 11 is 0. The van der Waals surface area contributed by atoms with Crippen molar-refractivity contribution in [2.45, 2.75) is 45.6 Å². The summed E-state index contributed by atoms with van der Waals surface area (Å²) in [5.41, 5.74) is 7.85. The molecule has 5 rings (SSSR count). The molecule has 0 aliphatic heterocycles. The molecule has 0 spiro atoms. The van der Waals surface area contributed by atoms with Crippen LogP contribution in [-0.2, 0) is 12.8 Å². The summed E-state index contributed by atoms with van der Waals surface area (Å²) in [6.45, 7) is 4.35. The smallest absolute Gasteiger partial charge is 0.157 e. The minimum absolute atomic E-state index is 0.289. The van der Waals surface area contributed by atoms with Gasteiger partial charge in [-0.05, 0) is 60.9 Å². The summed E-state index contributed by atoms with van der Waals surface area (Å²) in [7, 11) is 0. The number of rotatable bonds is 4. The van der Waals surface area contributed by atoms with Gasteiger partial charge in [-0.2, -0.15) is 5.10 Å². The highest BCUT2D eigenvalue weighted by Crippen LogP contribution is 2.34. The molecule has 3 aromatic carbocycles. The van der Waals surface area contributed by atoms with E-state index < -0.39 is 0 Å². The molecule has 1 unspecified atom stereocenters. The van der Waals surface area contributed by atoms with Gasteiger partial charge in [-0.1, -0.05) is 66.7 Å². The van der Waals surface area contributed by atoms with Crippen LogP contribution in [0.4, 0.5) is 5.82 Å². The van der Waals surface area contributed by atoms with E-state index in [0.29, 0.717) is 0 Å². The highest BCUT2D eigenvalue weighted by Gasteiger charge is 2.21. The molecule has 150 valence electrons. The molecule has 0 saturated heterocycles. The Morgan fingerprint density at radius 2 is 1.57 bits per heavy atom. The van der Waals surface area contributed by atoms with E-state index in [1.165, 1.54) is 39.6 Å². The molecule has 0 saturated carbocycles. The third kappa shape index (κ3) is 3.45. The second kappa shape index (κ2) is 7.91. The highest BCUT2D eigenvalue weighted by molar-refractivity contribution is 5.93. The van der Waals surface area contributed by atoms with Gasteiger partial charge in [0, 0.05) is 17.2 Å². The Balaban J connectivity index is 1.52. The normalized spacial score (nSPS) is 15.7. The van der Waals surface area contributed by atoms with Crippen molar-refractivity contribution in [3.63, 3.8) is 0 Å². The van der Waals surface area contributed by atoms with Crippen LogP contribution in [-0.4, -0.2) is 10.2 Å². The predicted molar refractivity (Wildman–Crippen MR) is 124 cm³/mol. The standard InChI is InChI=1S/C27H27N3/c1-18-9-7-10-19(2)24(18)17-26-22-14-5-6-15-23(22)27(30-29-26)28-25-16-8-12-20-11-3-4-13-21(20)25/h3-7,9-11,13-15,25H,8,12,16-17H2,1-2H3,(H,28,30). The second-order valence-corrected chi connectivity index (χ2v) is 8.38. The SMILES string of the molecule is Cc1cccc(C)c1Cc1nnc(NC2CCCc3ccccc32)c2ccccc12. The van der Waals surface area contributed by atoms with Crippen molar-refractivity contribution < 1.29 is 0 Å². The average molecular weight is 394 g/mol. The van der Waals surface area contributed by atoms with Crippen molar-refractivity contribution in [1.82, 2.24) is 10.2 Å². The van der Waals surface area contributed by atoms with E-state index in [9.17, 15) is 0 Å². The monoisotopic (exact) mass is 393 g/mol. The van der Waals surface area contributed by atoms with Crippen LogP contribution >= 0.6 is 0 Å². The van der Waals surface area contributed by atoms with Gasteiger partial charge in [-0.25, -0.2) is 0 Å². The molecule has 1 N–H and O–H groups in total. The summed E-state index contributed by atoms with van der Waals surface area (Å²) in [5.74, 6) is 0.887. The molecular formula is C27H27N3. The molecule has 0 bridgehead atoms. The average Bonchev–Trinajstić information content (AvgIpc) is 2.78. The van der Waals surface area contributed by atoms with Crippen LogP contribution in [0.5, 0.6) is 0 Å². The number of benzene rings is 3. The Hall–Kier alpha value is -3.20. The molecule has 1 aliphatic carbocycles. The van der Waals surface area contributed by atoms with E-state index in [4.69, 9.17) is 5.10 Å². The quantitative estimate of drug-likeness (QED) is 0.440. The van der Waals surface area contributed by atoms with Gasteiger partial charge in [-0.15, -0.1) is 5.10 Å². The van der Waals surface area contributed by atoms with Crippen LogP contribution in [0.3, 0.4) is 0 Å². The van der Waals surface area contributed by atoms with Gasteiger partial charge in [0.2, 0.25) is 0 Å². The Bertz CT molecular complexity index is 1190. The predicted octanol–water partition coefficient (Wildman–Crippen LogP) is 6.33. The Morgan fingerprint density at radius 3 is 2.40 bits per heavy atom. The number of hydrogen-bond acceptors (Lipinski definition) is 3. The maximum absolute atomic E-state index is 4.69. The topological polar surface area (TPSA) is 37.8 Å². The Kier molecular flexibility index (Phi) is 4.96. The van der Waals surface area contributed by atoms with Crippen LogP contribution in [0.25, 0.3) is 10.8 Å². The summed E-state index contributed by atoms with van der Waals surface area (Å²) in [4.78, 5) is 0. The fraction of sp³-hybridized carbons (Fsp3) is 0.259. The summed E-state index contributed by atoms with van der Waals surface area (Å²) in [6.07, 6.45) is 4.29. The number of aromatic nitrogens is 2. The summed E-state index contributed by atoms with van der Waals surface area (Å²) in [5, 5.41) is 15.4. The van der Waals surface area contributed by atoms with Gasteiger partial charge in [0.25, 0.3) is 0 Å². The molecule has 4 aromatic rings. The minimum Gasteiger partial charge on any atom is -0.361 e. The van der Waals surface area contributed by atoms with Gasteiger partial charge < -0.3 is 5.32 Å². The van der Waals surface area contributed by atoms with Gasteiger partial charge in [0.05, 0.1) is 11.7 Å². The largest absolute Gasteiger partial charge is 0.361 e. The molecule has 30 heavy (non-hydrogen) atoms. The first-order valence-electron chi connectivity index (χ1n) is 10.8. The van der Waals surface area contributed by atoms with Gasteiger partial charge in [0.1, 0.15) is 0 Å². The van der Waals surface area contributed by atoms with Gasteiger partial charge >= 0.3 is 0 Å². The summed E-state index contributed by atoms with van der Waals surface area (Å²) in [6, 6.07) is 24.0. The molecule has 0 radical (unpaired) electrons. The Morgan fingerprint density at radius 1 is 0.833 bits per heavy atom. The van der Waals surface area contributed by atoms with E-state index in [0.717, 1.165) is 36.2 Å². The molecule has 3 nitrogen and oxygen atoms in total. The maximum Gasteiger partial charge on any atom is 0.157 e. The van der Waals surface area contributed by atoms with E-state index >= 15 is 0 Å². The van der Waals surface area contributed by atoms with Crippen LogP contribution in [0.2, 0.25) is 0 Å². The lowest BCUT2D eigenvalue weighted by atomic mass is 9.87. The van der Waals surface area contributed by atoms with Crippen molar-refractivity contribution in [2.24, 2.45) is 0 Å². The van der Waals surface area contributed by atoms with Crippen LogP contribution in [0.1, 0.15) is 52.4 Å². The van der Waals surface area contributed by atoms with Crippen LogP contribution in [0, 0.1) is 13.8 Å². The molecule has 3 heteroatoms. The second-order valence-electron chi connectivity index (χ2n) is 8.38. The summed E-state index contributed by atoms with van der Waals surface area (Å²) < 4.78 is 0. The zero-order valence-corrected chi connectivity index (χ0v) is 17.7. The number of fused-ring (bicyclic) bond motifs is 2. The molecular weight excluding hydrogens is 366 g/mol. The Labute approximate surface area is 178 Å². The van der Waals surface area contributed by atoms with Crippen molar-refractivity contribution in [3.05, 3.63) is 100 Å². The third-order valence-corrected chi connectivity index (χ3v) is 6.43. The molecule has 1 aliphatic rings. The fourth-order valence-corrected chi connectivity index (χ4v) is 4.76. The zero-order valence-electron chi connectivity index (χ0n) is 17.7. The first-order valence-corrected chi connectivity index (χ1v) is 10.8. The van der Waals surface area contributed by atoms with E-state index in [1.807, 2.05) is 0 Å². The highest BCUT2D eigenvalue weighted by atomic mass is 15.2. The lowest BCUT2D eigenvalue weighted by Crippen LogP contribution is -2.18. The minimum atomic E-state index is 0.289. The van der Waals surface area contributed by atoms with E-state index in [-0.39, 0.29) is 6.04 Å². The van der Waals surface area contributed by atoms with Gasteiger partial charge in [0.15, 0.2) is 5.82 Å². The molecule has 0 amide bonds. The van der Waals surface area contributed by atoms with Crippen LogP contribution in [0.15, 0.2) is 66.7 Å². The van der Waals surface area contributed by atoms with Crippen molar-refractivity contribution >= 4 is 16.6 Å². The fourth-order valence-electron chi connectivity index (χ4n) is 4.76. The lowest BCUT2D eigenvalue weighted by Gasteiger charge is -2.27. The lowest BCUT2D eigenvalue weighted by molar-refractivity contribution is 0.598. The first kappa shape index (κ1) is 18.8. The molecule has 1 heterocycles. The first-order chi connectivity index (χ1) is 14.7. The third-order valence-electron chi connectivity index (χ3n) is 6.43. The number of anilines is 1.